The van der Waals surface area contributed by atoms with Crippen LogP contribution in [0.5, 0.6) is 0 Å². The van der Waals surface area contributed by atoms with E-state index in [4.69, 9.17) is 5.73 Å². The number of nitrogens with zero attached hydrogens (tertiary/aromatic N) is 4. The van der Waals surface area contributed by atoms with E-state index in [1.54, 1.807) is 11.5 Å². The first-order valence-electron chi connectivity index (χ1n) is 7.62. The Kier molecular flexibility index (Phi) is 3.96. The van der Waals surface area contributed by atoms with Crippen LogP contribution in [0.25, 0.3) is 11.2 Å². The maximum absolute atomic E-state index is 12.5. The van der Waals surface area contributed by atoms with Crippen molar-refractivity contribution in [2.24, 2.45) is 12.8 Å². The first kappa shape index (κ1) is 15.4. The van der Waals surface area contributed by atoms with Gasteiger partial charge in [0.05, 0.1) is 6.54 Å². The molecule has 2 aromatic rings. The molecule has 0 spiro atoms. The predicted octanol–water partition coefficient (Wildman–Crippen LogP) is -0.626. The summed E-state index contributed by atoms with van der Waals surface area (Å²) in [6.07, 6.45) is 1.95. The van der Waals surface area contributed by atoms with Crippen molar-refractivity contribution in [1.29, 1.82) is 0 Å². The summed E-state index contributed by atoms with van der Waals surface area (Å²) in [5, 5.41) is 0. The molecule has 1 aliphatic heterocycles. The Bertz CT molecular complexity index is 910. The molecular weight excluding hydrogens is 296 g/mol. The van der Waals surface area contributed by atoms with E-state index in [0.717, 1.165) is 24.0 Å². The summed E-state index contributed by atoms with van der Waals surface area (Å²) >= 11 is 0. The highest BCUT2D eigenvalue weighted by Gasteiger charge is 2.24. The van der Waals surface area contributed by atoms with E-state index >= 15 is 0 Å². The number of H-pyrrole nitrogens is 1. The van der Waals surface area contributed by atoms with Gasteiger partial charge in [-0.2, -0.15) is 4.98 Å². The molecule has 0 amide bonds. The van der Waals surface area contributed by atoms with Crippen molar-refractivity contribution in [1.82, 2.24) is 19.1 Å². The van der Waals surface area contributed by atoms with E-state index in [-0.39, 0.29) is 11.6 Å². The summed E-state index contributed by atoms with van der Waals surface area (Å²) in [7, 11) is 1.44. The molecule has 1 aliphatic rings. The lowest BCUT2D eigenvalue weighted by atomic mass is 10.1. The second kappa shape index (κ2) is 5.93. The summed E-state index contributed by atoms with van der Waals surface area (Å²) in [5.74, 6) is 6.44. The van der Waals surface area contributed by atoms with Gasteiger partial charge in [-0.25, -0.2) is 4.79 Å². The monoisotopic (exact) mass is 316 g/mol. The minimum Gasteiger partial charge on any atom is -0.341 e. The smallest absolute Gasteiger partial charge is 0.329 e. The fraction of sp³-hybridized carbons (Fsp3) is 0.533. The standard InChI is InChI=1S/C15H20N6O2/c1-3-4-8-21-11-12(18-15(23)19(2)13(11)22)17-14(21)20-7-5-6-10(16)9-20/h10H,5-9,16H2,1-2H3,(H,18,23). The Morgan fingerprint density at radius 1 is 1.43 bits per heavy atom. The SMILES string of the molecule is CC#CCn1c(N2CCCC(N)C2)nc2[nH]c(=O)n(C)c(=O)c21. The van der Waals surface area contributed by atoms with Gasteiger partial charge in [0, 0.05) is 26.2 Å². The summed E-state index contributed by atoms with van der Waals surface area (Å²) in [5.41, 5.74) is 5.87. The molecule has 8 nitrogen and oxygen atoms in total. The summed E-state index contributed by atoms with van der Waals surface area (Å²) < 4.78 is 2.81. The number of fused-ring (bicyclic) bond motifs is 1. The van der Waals surface area contributed by atoms with Crippen LogP contribution in [0.3, 0.4) is 0 Å². The van der Waals surface area contributed by atoms with Gasteiger partial charge in [0.15, 0.2) is 11.2 Å². The molecule has 0 aromatic carbocycles. The predicted molar refractivity (Wildman–Crippen MR) is 88.5 cm³/mol. The van der Waals surface area contributed by atoms with Crippen LogP contribution in [0.2, 0.25) is 0 Å². The molecular formula is C15H20N6O2. The van der Waals surface area contributed by atoms with Gasteiger partial charge < -0.3 is 10.6 Å². The summed E-state index contributed by atoms with van der Waals surface area (Å²) in [6, 6.07) is 0.0798. The van der Waals surface area contributed by atoms with Crippen LogP contribution in [0.15, 0.2) is 9.59 Å². The van der Waals surface area contributed by atoms with E-state index in [1.807, 2.05) is 0 Å². The van der Waals surface area contributed by atoms with Crippen LogP contribution in [-0.2, 0) is 13.6 Å². The molecule has 1 unspecified atom stereocenters. The number of nitrogens with one attached hydrogen (secondary N) is 1. The van der Waals surface area contributed by atoms with E-state index in [1.165, 1.54) is 7.05 Å². The van der Waals surface area contributed by atoms with Crippen LogP contribution in [-0.4, -0.2) is 38.2 Å². The highest BCUT2D eigenvalue weighted by molar-refractivity contribution is 5.74. The third kappa shape index (κ3) is 2.64. The molecule has 2 aromatic heterocycles. The van der Waals surface area contributed by atoms with Gasteiger partial charge in [-0.15, -0.1) is 5.92 Å². The molecule has 122 valence electrons. The van der Waals surface area contributed by atoms with E-state index in [0.29, 0.717) is 30.2 Å². The number of hydrogen-bond donors (Lipinski definition) is 2. The largest absolute Gasteiger partial charge is 0.341 e. The van der Waals surface area contributed by atoms with Crippen LogP contribution in [0.4, 0.5) is 5.95 Å². The number of piperidine rings is 1. The molecule has 0 radical (unpaired) electrons. The van der Waals surface area contributed by atoms with Gasteiger partial charge in [-0.05, 0) is 19.8 Å². The molecule has 3 N–H and O–H groups in total. The van der Waals surface area contributed by atoms with E-state index < -0.39 is 5.69 Å². The van der Waals surface area contributed by atoms with Gasteiger partial charge in [-0.3, -0.25) is 18.9 Å². The number of nitrogens with two attached hydrogens (primary N) is 1. The Hall–Kier alpha value is -2.53. The fourth-order valence-electron chi connectivity index (χ4n) is 2.92. The van der Waals surface area contributed by atoms with Crippen LogP contribution < -0.4 is 21.9 Å². The van der Waals surface area contributed by atoms with Gasteiger partial charge in [0.1, 0.15) is 0 Å². The molecule has 0 saturated carbocycles. The minimum atomic E-state index is -0.476. The van der Waals surface area contributed by atoms with Crippen molar-refractivity contribution in [2.45, 2.75) is 32.4 Å². The number of imidazole rings is 1. The number of rotatable bonds is 2. The van der Waals surface area contributed by atoms with Gasteiger partial charge in [0.2, 0.25) is 5.95 Å². The average molecular weight is 316 g/mol. The molecule has 23 heavy (non-hydrogen) atoms. The Labute approximate surface area is 132 Å². The maximum Gasteiger partial charge on any atom is 0.329 e. The van der Waals surface area contributed by atoms with Crippen LogP contribution in [0, 0.1) is 11.8 Å². The third-order valence-corrected chi connectivity index (χ3v) is 4.14. The Morgan fingerprint density at radius 2 is 2.22 bits per heavy atom. The normalized spacial score (nSPS) is 18.0. The molecule has 3 rings (SSSR count). The van der Waals surface area contributed by atoms with Crippen molar-refractivity contribution in [2.75, 3.05) is 18.0 Å². The number of aromatic amines is 1. The first-order chi connectivity index (χ1) is 11.0. The summed E-state index contributed by atoms with van der Waals surface area (Å²) in [6.45, 7) is 3.58. The zero-order valence-corrected chi connectivity index (χ0v) is 13.3. The first-order valence-corrected chi connectivity index (χ1v) is 7.62. The molecule has 3 heterocycles. The lowest BCUT2D eigenvalue weighted by molar-refractivity contribution is 0.496. The van der Waals surface area contributed by atoms with E-state index in [2.05, 4.69) is 26.7 Å². The summed E-state index contributed by atoms with van der Waals surface area (Å²) in [4.78, 5) is 33.5. The van der Waals surface area contributed by atoms with Crippen molar-refractivity contribution in [3.8, 4) is 11.8 Å². The minimum absolute atomic E-state index is 0.0798. The molecule has 0 aliphatic carbocycles. The van der Waals surface area contributed by atoms with E-state index in [9.17, 15) is 9.59 Å². The highest BCUT2D eigenvalue weighted by atomic mass is 16.2. The topological polar surface area (TPSA) is 102 Å². The van der Waals surface area contributed by atoms with Crippen LogP contribution in [0.1, 0.15) is 19.8 Å². The number of aromatic nitrogens is 4. The zero-order chi connectivity index (χ0) is 16.6. The number of anilines is 1. The van der Waals surface area contributed by atoms with Crippen molar-refractivity contribution in [3.63, 3.8) is 0 Å². The van der Waals surface area contributed by atoms with Crippen molar-refractivity contribution in [3.05, 3.63) is 20.8 Å². The third-order valence-electron chi connectivity index (χ3n) is 4.14. The highest BCUT2D eigenvalue weighted by Crippen LogP contribution is 2.21. The molecule has 0 bridgehead atoms. The quantitative estimate of drug-likeness (QED) is 0.719. The maximum atomic E-state index is 12.5. The van der Waals surface area contributed by atoms with Crippen LogP contribution >= 0.6 is 0 Å². The van der Waals surface area contributed by atoms with Gasteiger partial charge in [-0.1, -0.05) is 5.92 Å². The molecule has 1 atom stereocenters. The lowest BCUT2D eigenvalue weighted by Crippen LogP contribution is -2.44. The molecule has 1 fully saturated rings. The average Bonchev–Trinajstić information content (AvgIpc) is 2.89. The Morgan fingerprint density at radius 3 is 2.91 bits per heavy atom. The molecule has 1 saturated heterocycles. The van der Waals surface area contributed by atoms with Gasteiger partial charge >= 0.3 is 5.69 Å². The second-order valence-corrected chi connectivity index (χ2v) is 5.76. The van der Waals surface area contributed by atoms with Crippen molar-refractivity contribution < 1.29 is 0 Å². The lowest BCUT2D eigenvalue weighted by Gasteiger charge is -2.31. The Balaban J connectivity index is 2.23. The number of hydrogen-bond acceptors (Lipinski definition) is 5. The zero-order valence-electron chi connectivity index (χ0n) is 13.3. The fourth-order valence-corrected chi connectivity index (χ4v) is 2.92. The second-order valence-electron chi connectivity index (χ2n) is 5.76. The molecule has 8 heteroatoms. The van der Waals surface area contributed by atoms with Crippen molar-refractivity contribution >= 4 is 17.1 Å². The van der Waals surface area contributed by atoms with Gasteiger partial charge in [0.25, 0.3) is 5.56 Å².